The quantitative estimate of drug-likeness (QED) is 0.140. The van der Waals surface area contributed by atoms with Gasteiger partial charge in [-0.05, 0) is 72.5 Å². The average Bonchev–Trinajstić information content (AvgIpc) is 3.07. The van der Waals surface area contributed by atoms with Crippen molar-refractivity contribution in [3.8, 4) is 35.0 Å². The first-order valence-electron chi connectivity index (χ1n) is 14.0. The molecule has 0 aliphatic carbocycles. The normalized spacial score (nSPS) is 11.4. The van der Waals surface area contributed by atoms with Gasteiger partial charge >= 0.3 is 12.0 Å². The Hall–Kier alpha value is -5.53. The summed E-state index contributed by atoms with van der Waals surface area (Å²) in [5, 5.41) is 10.3. The molecule has 11 nitrogen and oxygen atoms in total. The third-order valence-corrected chi connectivity index (χ3v) is 10.5. The number of aromatic hydroxyl groups is 1. The lowest BCUT2D eigenvalue weighted by molar-refractivity contribution is 0.348. The van der Waals surface area contributed by atoms with E-state index in [9.17, 15) is 21.9 Å². The Morgan fingerprint density at radius 3 is 2.13 bits per heavy atom. The Kier molecular flexibility index (Phi) is 9.68. The van der Waals surface area contributed by atoms with Crippen molar-refractivity contribution in [2.45, 2.75) is 32.4 Å². The standard InChI is InChI=1S/C34H29N3O8S2/c1-4-11-23-13-9-17-29(32(23)47(41,42)26-19-20-27(38)24(21-26)12-5-2)44-28-16-10-18-30(46(39,40)25-14-7-6-8-15-25)31(28)45-34-36-22-35-33(37-34)43-3/h4-10,13-22,38H,1-2,11-12H2,3H3. The molecule has 0 spiro atoms. The van der Waals surface area contributed by atoms with Crippen molar-refractivity contribution in [2.24, 2.45) is 0 Å². The molecule has 0 aliphatic rings. The number of para-hydroxylation sites is 1. The predicted octanol–water partition coefficient (Wildman–Crippen LogP) is 6.29. The molecule has 5 aromatic rings. The molecule has 0 saturated heterocycles. The number of ether oxygens (including phenoxy) is 3. The molecule has 0 unspecified atom stereocenters. The monoisotopic (exact) mass is 671 g/mol. The Labute approximate surface area is 272 Å². The summed E-state index contributed by atoms with van der Waals surface area (Å²) in [6, 6.07) is 20.1. The van der Waals surface area contributed by atoms with E-state index in [0.717, 1.165) is 6.33 Å². The maximum absolute atomic E-state index is 14.3. The van der Waals surface area contributed by atoms with Crippen molar-refractivity contribution in [2.75, 3.05) is 7.11 Å². The lowest BCUT2D eigenvalue weighted by Gasteiger charge is -2.19. The van der Waals surface area contributed by atoms with E-state index in [1.807, 2.05) is 0 Å². The minimum Gasteiger partial charge on any atom is -0.508 e. The maximum Gasteiger partial charge on any atom is 0.328 e. The molecule has 13 heteroatoms. The summed E-state index contributed by atoms with van der Waals surface area (Å²) in [6.07, 6.45) is 4.62. The number of allylic oxidation sites excluding steroid dienone is 2. The highest BCUT2D eigenvalue weighted by molar-refractivity contribution is 7.92. The number of phenolic OH excluding ortho intramolecular Hbond substituents is 1. The maximum atomic E-state index is 14.3. The number of benzene rings is 4. The molecular weight excluding hydrogens is 643 g/mol. The SMILES string of the molecule is C=CCc1cc(S(=O)(=O)c2c(CC=C)cccc2Oc2cccc(S(=O)(=O)c3ccccc3)c2Oc2ncnc(OC)n2)ccc1O. The molecule has 1 N–H and O–H groups in total. The van der Waals surface area contributed by atoms with Gasteiger partial charge in [-0.25, -0.2) is 16.8 Å². The zero-order valence-corrected chi connectivity index (χ0v) is 26.7. The topological polar surface area (TPSA) is 155 Å². The number of aromatic nitrogens is 3. The van der Waals surface area contributed by atoms with Crippen molar-refractivity contribution in [1.82, 2.24) is 15.0 Å². The molecule has 0 saturated carbocycles. The summed E-state index contributed by atoms with van der Waals surface area (Å²) in [5.41, 5.74) is 0.737. The summed E-state index contributed by atoms with van der Waals surface area (Å²) in [7, 11) is -7.15. The van der Waals surface area contributed by atoms with Gasteiger partial charge in [0.2, 0.25) is 19.7 Å². The van der Waals surface area contributed by atoms with Crippen LogP contribution in [0.3, 0.4) is 0 Å². The predicted molar refractivity (Wildman–Crippen MR) is 173 cm³/mol. The van der Waals surface area contributed by atoms with Crippen LogP contribution in [0.2, 0.25) is 0 Å². The van der Waals surface area contributed by atoms with Gasteiger partial charge in [-0.3, -0.25) is 0 Å². The van der Waals surface area contributed by atoms with Crippen molar-refractivity contribution < 1.29 is 36.2 Å². The molecule has 0 radical (unpaired) electrons. The van der Waals surface area contributed by atoms with Gasteiger partial charge in [-0.1, -0.05) is 48.6 Å². The molecular formula is C34H29N3O8S2. The summed E-state index contributed by atoms with van der Waals surface area (Å²) >= 11 is 0. The molecule has 240 valence electrons. The number of sulfone groups is 2. The van der Waals surface area contributed by atoms with E-state index < -0.39 is 19.7 Å². The van der Waals surface area contributed by atoms with Crippen molar-refractivity contribution in [3.05, 3.63) is 128 Å². The Morgan fingerprint density at radius 2 is 1.40 bits per heavy atom. The van der Waals surface area contributed by atoms with Crippen LogP contribution in [-0.2, 0) is 32.5 Å². The lowest BCUT2D eigenvalue weighted by atomic mass is 10.1. The summed E-state index contributed by atoms with van der Waals surface area (Å²) < 4.78 is 73.6. The third-order valence-electron chi connectivity index (χ3n) is 6.83. The van der Waals surface area contributed by atoms with Gasteiger partial charge in [0.15, 0.2) is 11.5 Å². The fourth-order valence-corrected chi connectivity index (χ4v) is 7.73. The Bertz CT molecular complexity index is 2170. The zero-order chi connectivity index (χ0) is 33.6. The highest BCUT2D eigenvalue weighted by Gasteiger charge is 2.30. The molecule has 1 heterocycles. The third kappa shape index (κ3) is 6.86. The van der Waals surface area contributed by atoms with E-state index in [1.165, 1.54) is 61.7 Å². The number of hydrogen-bond donors (Lipinski definition) is 1. The first-order chi connectivity index (χ1) is 22.6. The Morgan fingerprint density at radius 1 is 0.723 bits per heavy atom. The van der Waals surface area contributed by atoms with Crippen LogP contribution in [0.15, 0.2) is 136 Å². The molecule has 0 bridgehead atoms. The molecule has 1 aromatic heterocycles. The number of rotatable bonds is 13. The van der Waals surface area contributed by atoms with Crippen molar-refractivity contribution >= 4 is 19.7 Å². The van der Waals surface area contributed by atoms with E-state index in [-0.39, 0.29) is 67.4 Å². The van der Waals surface area contributed by atoms with Crippen LogP contribution in [0.25, 0.3) is 0 Å². The van der Waals surface area contributed by atoms with E-state index >= 15 is 0 Å². The van der Waals surface area contributed by atoms with Gasteiger partial charge in [0, 0.05) is 0 Å². The van der Waals surface area contributed by atoms with Gasteiger partial charge in [0.25, 0.3) is 0 Å². The molecule has 0 atom stereocenters. The van der Waals surface area contributed by atoms with Crippen LogP contribution in [0.1, 0.15) is 11.1 Å². The van der Waals surface area contributed by atoms with E-state index in [4.69, 9.17) is 14.2 Å². The summed E-state index contributed by atoms with van der Waals surface area (Å²) in [5.74, 6) is -0.644. The number of phenols is 1. The van der Waals surface area contributed by atoms with E-state index in [0.29, 0.717) is 11.1 Å². The van der Waals surface area contributed by atoms with Crippen LogP contribution >= 0.6 is 0 Å². The van der Waals surface area contributed by atoms with Crippen LogP contribution in [0.4, 0.5) is 0 Å². The van der Waals surface area contributed by atoms with Crippen LogP contribution in [0.5, 0.6) is 35.0 Å². The minimum atomic E-state index is -4.29. The van der Waals surface area contributed by atoms with Gasteiger partial charge in [0.1, 0.15) is 27.6 Å². The fraction of sp³-hybridized carbons (Fsp3) is 0.0882. The summed E-state index contributed by atoms with van der Waals surface area (Å²) in [4.78, 5) is 11.3. The Balaban J connectivity index is 1.71. The smallest absolute Gasteiger partial charge is 0.328 e. The first kappa shape index (κ1) is 32.9. The van der Waals surface area contributed by atoms with E-state index in [1.54, 1.807) is 42.5 Å². The molecule has 47 heavy (non-hydrogen) atoms. The van der Waals surface area contributed by atoms with Gasteiger partial charge in [-0.2, -0.15) is 9.97 Å². The van der Waals surface area contributed by atoms with E-state index in [2.05, 4.69) is 28.1 Å². The van der Waals surface area contributed by atoms with Crippen LogP contribution in [0, 0.1) is 0 Å². The van der Waals surface area contributed by atoms with Gasteiger partial charge in [0.05, 0.1) is 16.9 Å². The highest BCUT2D eigenvalue weighted by atomic mass is 32.2. The van der Waals surface area contributed by atoms with Crippen molar-refractivity contribution in [3.63, 3.8) is 0 Å². The average molecular weight is 672 g/mol. The van der Waals surface area contributed by atoms with Crippen LogP contribution in [-0.4, -0.2) is 44.0 Å². The van der Waals surface area contributed by atoms with Crippen molar-refractivity contribution in [1.29, 1.82) is 0 Å². The molecule has 0 fully saturated rings. The van der Waals surface area contributed by atoms with Gasteiger partial charge < -0.3 is 19.3 Å². The minimum absolute atomic E-state index is 0.0193. The second-order valence-corrected chi connectivity index (χ2v) is 13.7. The first-order valence-corrected chi connectivity index (χ1v) is 17.0. The van der Waals surface area contributed by atoms with Crippen LogP contribution < -0.4 is 14.2 Å². The molecule has 0 amide bonds. The fourth-order valence-electron chi connectivity index (χ4n) is 4.67. The zero-order valence-electron chi connectivity index (χ0n) is 25.1. The largest absolute Gasteiger partial charge is 0.508 e. The van der Waals surface area contributed by atoms with Gasteiger partial charge in [-0.15, -0.1) is 18.1 Å². The molecule has 0 aliphatic heterocycles. The molecule has 4 aromatic carbocycles. The second kappa shape index (κ2) is 13.8. The lowest BCUT2D eigenvalue weighted by Crippen LogP contribution is -2.09. The number of hydrogen-bond acceptors (Lipinski definition) is 11. The summed E-state index contributed by atoms with van der Waals surface area (Å²) in [6.45, 7) is 7.43. The molecule has 5 rings (SSSR count). The second-order valence-electron chi connectivity index (χ2n) is 9.88. The number of nitrogens with zero attached hydrogens (tertiary/aromatic N) is 3. The number of methoxy groups -OCH3 is 1. The highest BCUT2D eigenvalue weighted by Crippen LogP contribution is 2.44.